The molecule has 0 saturated heterocycles. The SMILES string of the molecule is CCOc1ccccc1O[C@H](c1ccccc1)[C@@H](O)COC(=O)c1ccc([N+](=O)[O-])cc1. The van der Waals surface area contributed by atoms with E-state index in [0.717, 1.165) is 0 Å². The third kappa shape index (κ3) is 5.83. The third-order valence-corrected chi connectivity index (χ3v) is 4.58. The van der Waals surface area contributed by atoms with Crippen molar-refractivity contribution in [2.75, 3.05) is 13.2 Å². The molecule has 0 bridgehead atoms. The Morgan fingerprint density at radius 1 is 0.969 bits per heavy atom. The monoisotopic (exact) mass is 437 g/mol. The molecule has 3 rings (SSSR count). The number of nitro benzene ring substituents is 1. The summed E-state index contributed by atoms with van der Waals surface area (Å²) in [6.45, 7) is 1.97. The van der Waals surface area contributed by atoms with Crippen LogP contribution in [0.5, 0.6) is 11.5 Å². The molecule has 3 aromatic rings. The van der Waals surface area contributed by atoms with Gasteiger partial charge in [0.25, 0.3) is 5.69 Å². The summed E-state index contributed by atoms with van der Waals surface area (Å²) in [6, 6.07) is 21.2. The van der Waals surface area contributed by atoms with Crippen LogP contribution in [0, 0.1) is 10.1 Å². The number of aliphatic hydroxyl groups is 1. The summed E-state index contributed by atoms with van der Waals surface area (Å²) in [5.41, 5.74) is 0.700. The van der Waals surface area contributed by atoms with Crippen LogP contribution in [0.4, 0.5) is 5.69 Å². The van der Waals surface area contributed by atoms with Gasteiger partial charge in [0.15, 0.2) is 17.6 Å². The smallest absolute Gasteiger partial charge is 0.338 e. The minimum atomic E-state index is -1.19. The van der Waals surface area contributed by atoms with Gasteiger partial charge in [-0.05, 0) is 36.8 Å². The first-order chi connectivity index (χ1) is 15.5. The van der Waals surface area contributed by atoms with Gasteiger partial charge in [-0.2, -0.15) is 0 Å². The van der Waals surface area contributed by atoms with Gasteiger partial charge in [0.05, 0.1) is 17.1 Å². The summed E-state index contributed by atoms with van der Waals surface area (Å²) in [6.07, 6.45) is -2.02. The molecule has 32 heavy (non-hydrogen) atoms. The highest BCUT2D eigenvalue weighted by molar-refractivity contribution is 5.89. The molecule has 8 nitrogen and oxygen atoms in total. The number of aliphatic hydroxyl groups excluding tert-OH is 1. The van der Waals surface area contributed by atoms with Gasteiger partial charge in [-0.1, -0.05) is 42.5 Å². The molecule has 8 heteroatoms. The zero-order chi connectivity index (χ0) is 22.9. The zero-order valence-electron chi connectivity index (χ0n) is 17.4. The molecule has 0 heterocycles. The number of carbonyl (C=O) groups is 1. The van der Waals surface area contributed by atoms with Gasteiger partial charge in [-0.15, -0.1) is 0 Å². The Balaban J connectivity index is 1.74. The molecule has 0 unspecified atom stereocenters. The van der Waals surface area contributed by atoms with E-state index in [1.807, 2.05) is 31.2 Å². The molecular weight excluding hydrogens is 414 g/mol. The molecule has 0 saturated carbocycles. The van der Waals surface area contributed by atoms with Crippen LogP contribution in [0.15, 0.2) is 78.9 Å². The van der Waals surface area contributed by atoms with Gasteiger partial charge in [-0.3, -0.25) is 10.1 Å². The van der Waals surface area contributed by atoms with E-state index >= 15 is 0 Å². The molecule has 0 aliphatic heterocycles. The lowest BCUT2D eigenvalue weighted by Crippen LogP contribution is -2.29. The van der Waals surface area contributed by atoms with E-state index in [2.05, 4.69) is 0 Å². The normalized spacial score (nSPS) is 12.4. The molecule has 0 aliphatic rings. The summed E-state index contributed by atoms with van der Waals surface area (Å²) < 4.78 is 16.9. The van der Waals surface area contributed by atoms with Crippen LogP contribution >= 0.6 is 0 Å². The van der Waals surface area contributed by atoms with Crippen molar-refractivity contribution in [1.82, 2.24) is 0 Å². The van der Waals surface area contributed by atoms with Crippen LogP contribution in [0.1, 0.15) is 28.9 Å². The molecule has 166 valence electrons. The number of ether oxygens (including phenoxy) is 3. The van der Waals surface area contributed by atoms with Crippen molar-refractivity contribution in [2.45, 2.75) is 19.1 Å². The lowest BCUT2D eigenvalue weighted by atomic mass is 10.0. The Hall–Kier alpha value is -3.91. The number of non-ortho nitro benzene ring substituents is 1. The number of benzene rings is 3. The molecule has 0 aromatic heterocycles. The van der Waals surface area contributed by atoms with Gasteiger partial charge >= 0.3 is 5.97 Å². The second-order valence-electron chi connectivity index (χ2n) is 6.80. The minimum Gasteiger partial charge on any atom is -0.490 e. The fraction of sp³-hybridized carbons (Fsp3) is 0.208. The van der Waals surface area contributed by atoms with Gasteiger partial charge < -0.3 is 19.3 Å². The van der Waals surface area contributed by atoms with Gasteiger partial charge in [0, 0.05) is 12.1 Å². The van der Waals surface area contributed by atoms with Crippen LogP contribution in [0.2, 0.25) is 0 Å². The first kappa shape index (κ1) is 22.8. The summed E-state index contributed by atoms with van der Waals surface area (Å²) in [5.74, 6) is 0.274. The fourth-order valence-electron chi connectivity index (χ4n) is 3.02. The second kappa shape index (κ2) is 10.9. The Bertz CT molecular complexity index is 1040. The van der Waals surface area contributed by atoms with Crippen LogP contribution < -0.4 is 9.47 Å². The van der Waals surface area contributed by atoms with E-state index in [0.29, 0.717) is 23.7 Å². The average Bonchev–Trinajstić information content (AvgIpc) is 2.82. The van der Waals surface area contributed by atoms with Crippen molar-refractivity contribution < 1.29 is 29.0 Å². The van der Waals surface area contributed by atoms with Crippen molar-refractivity contribution in [3.63, 3.8) is 0 Å². The van der Waals surface area contributed by atoms with E-state index in [-0.39, 0.29) is 17.9 Å². The zero-order valence-corrected chi connectivity index (χ0v) is 17.4. The molecule has 0 spiro atoms. The van der Waals surface area contributed by atoms with Crippen LogP contribution in [-0.2, 0) is 4.74 Å². The highest BCUT2D eigenvalue weighted by Gasteiger charge is 2.26. The van der Waals surface area contributed by atoms with Crippen LogP contribution in [0.3, 0.4) is 0 Å². The number of rotatable bonds is 10. The molecule has 2 atom stereocenters. The molecule has 0 fully saturated rings. The van der Waals surface area contributed by atoms with Crippen molar-refractivity contribution >= 4 is 11.7 Å². The summed E-state index contributed by atoms with van der Waals surface area (Å²) in [7, 11) is 0. The van der Waals surface area contributed by atoms with Crippen LogP contribution in [-0.4, -0.2) is 35.3 Å². The first-order valence-electron chi connectivity index (χ1n) is 10.0. The number of esters is 1. The maximum absolute atomic E-state index is 12.3. The highest BCUT2D eigenvalue weighted by atomic mass is 16.6. The van der Waals surface area contributed by atoms with E-state index in [4.69, 9.17) is 14.2 Å². The molecule has 3 aromatic carbocycles. The van der Waals surface area contributed by atoms with E-state index in [1.54, 1.807) is 30.3 Å². The standard InChI is InChI=1S/C24H23NO7/c1-2-30-21-10-6-7-11-22(21)32-23(17-8-4-3-5-9-17)20(26)16-31-24(27)18-12-14-19(15-13-18)25(28)29/h3-15,20,23,26H,2,16H2,1H3/t20-,23+/m0/s1. The van der Waals surface area contributed by atoms with Crippen molar-refractivity contribution in [2.24, 2.45) is 0 Å². The molecular formula is C24H23NO7. The fourth-order valence-corrected chi connectivity index (χ4v) is 3.02. The number of carbonyl (C=O) groups excluding carboxylic acids is 1. The lowest BCUT2D eigenvalue weighted by Gasteiger charge is -2.25. The van der Waals surface area contributed by atoms with E-state index in [1.165, 1.54) is 24.3 Å². The van der Waals surface area contributed by atoms with Gasteiger partial charge in [0.1, 0.15) is 12.7 Å². The second-order valence-corrected chi connectivity index (χ2v) is 6.80. The Kier molecular flexibility index (Phi) is 7.77. The summed E-state index contributed by atoms with van der Waals surface area (Å²) >= 11 is 0. The number of hydrogen-bond donors (Lipinski definition) is 1. The number of nitrogens with zero attached hydrogens (tertiary/aromatic N) is 1. The Morgan fingerprint density at radius 2 is 1.59 bits per heavy atom. The first-order valence-corrected chi connectivity index (χ1v) is 10.0. The van der Waals surface area contributed by atoms with Crippen molar-refractivity contribution in [3.8, 4) is 11.5 Å². The third-order valence-electron chi connectivity index (χ3n) is 4.58. The predicted octanol–water partition coefficient (Wildman–Crippen LogP) is 4.33. The lowest BCUT2D eigenvalue weighted by molar-refractivity contribution is -0.384. The topological polar surface area (TPSA) is 108 Å². The van der Waals surface area contributed by atoms with Gasteiger partial charge in [0.2, 0.25) is 0 Å². The highest BCUT2D eigenvalue weighted by Crippen LogP contribution is 2.32. The maximum Gasteiger partial charge on any atom is 0.338 e. The molecule has 0 amide bonds. The molecule has 0 radical (unpaired) electrons. The molecule has 0 aliphatic carbocycles. The Morgan fingerprint density at radius 3 is 2.22 bits per heavy atom. The average molecular weight is 437 g/mol. The number of para-hydroxylation sites is 2. The van der Waals surface area contributed by atoms with Gasteiger partial charge in [-0.25, -0.2) is 4.79 Å². The van der Waals surface area contributed by atoms with Crippen molar-refractivity contribution in [3.05, 3.63) is 100 Å². The largest absolute Gasteiger partial charge is 0.490 e. The number of nitro groups is 1. The predicted molar refractivity (Wildman–Crippen MR) is 117 cm³/mol. The minimum absolute atomic E-state index is 0.132. The van der Waals surface area contributed by atoms with Crippen molar-refractivity contribution in [1.29, 1.82) is 0 Å². The maximum atomic E-state index is 12.3. The Labute approximate surface area is 185 Å². The molecule has 1 N–H and O–H groups in total. The summed E-state index contributed by atoms with van der Waals surface area (Å²) in [4.78, 5) is 22.5. The van der Waals surface area contributed by atoms with Crippen LogP contribution in [0.25, 0.3) is 0 Å². The van der Waals surface area contributed by atoms with E-state index < -0.39 is 23.1 Å². The number of hydrogen-bond acceptors (Lipinski definition) is 7. The summed E-state index contributed by atoms with van der Waals surface area (Å²) in [5, 5.41) is 21.6. The van der Waals surface area contributed by atoms with E-state index in [9.17, 15) is 20.0 Å². The quantitative estimate of drug-likeness (QED) is 0.286.